The standard InChI is InChI=1S/C12H14ClN3/c1-8-2-3-10-11(6-8)16(12(13)15-10)9-4-5-14-7-9/h2-3,6,9,14H,4-5,7H2,1H3. The molecule has 2 aromatic rings. The van der Waals surface area contributed by atoms with Gasteiger partial charge in [-0.1, -0.05) is 6.07 Å². The predicted molar refractivity (Wildman–Crippen MR) is 66.0 cm³/mol. The molecule has 0 saturated carbocycles. The number of imidazole rings is 1. The van der Waals surface area contributed by atoms with Crippen molar-refractivity contribution in [2.45, 2.75) is 19.4 Å². The van der Waals surface area contributed by atoms with Gasteiger partial charge in [0.2, 0.25) is 5.28 Å². The second-order valence-corrected chi connectivity index (χ2v) is 4.73. The topological polar surface area (TPSA) is 29.9 Å². The molecule has 1 aromatic carbocycles. The van der Waals surface area contributed by atoms with Crippen molar-refractivity contribution in [2.75, 3.05) is 13.1 Å². The van der Waals surface area contributed by atoms with E-state index >= 15 is 0 Å². The van der Waals surface area contributed by atoms with Crippen molar-refractivity contribution in [1.82, 2.24) is 14.9 Å². The molecule has 0 radical (unpaired) electrons. The lowest BCUT2D eigenvalue weighted by Gasteiger charge is -2.13. The van der Waals surface area contributed by atoms with E-state index in [1.165, 1.54) is 5.56 Å². The van der Waals surface area contributed by atoms with E-state index in [9.17, 15) is 0 Å². The number of nitrogens with one attached hydrogen (secondary N) is 1. The first-order valence-corrected chi connectivity index (χ1v) is 5.98. The van der Waals surface area contributed by atoms with E-state index in [0.717, 1.165) is 30.5 Å². The summed E-state index contributed by atoms with van der Waals surface area (Å²) in [4.78, 5) is 4.40. The number of rotatable bonds is 1. The highest BCUT2D eigenvalue weighted by Crippen LogP contribution is 2.28. The van der Waals surface area contributed by atoms with Crippen LogP contribution in [0.25, 0.3) is 11.0 Å². The van der Waals surface area contributed by atoms with Crippen LogP contribution in [-0.4, -0.2) is 22.6 Å². The van der Waals surface area contributed by atoms with Crippen molar-refractivity contribution >= 4 is 22.6 Å². The summed E-state index contributed by atoms with van der Waals surface area (Å²) >= 11 is 6.22. The number of benzene rings is 1. The third kappa shape index (κ3) is 1.51. The Morgan fingerprint density at radius 2 is 2.38 bits per heavy atom. The maximum Gasteiger partial charge on any atom is 0.204 e. The molecule has 1 aliphatic rings. The molecule has 1 atom stereocenters. The molecule has 1 unspecified atom stereocenters. The van der Waals surface area contributed by atoms with Crippen molar-refractivity contribution in [3.63, 3.8) is 0 Å². The molecule has 0 bridgehead atoms. The van der Waals surface area contributed by atoms with Crippen LogP contribution in [0.3, 0.4) is 0 Å². The minimum absolute atomic E-state index is 0.444. The summed E-state index contributed by atoms with van der Waals surface area (Å²) in [7, 11) is 0. The largest absolute Gasteiger partial charge is 0.315 e. The lowest BCUT2D eigenvalue weighted by Crippen LogP contribution is -2.13. The van der Waals surface area contributed by atoms with Crippen LogP contribution in [0.15, 0.2) is 18.2 Å². The van der Waals surface area contributed by atoms with Crippen molar-refractivity contribution in [1.29, 1.82) is 0 Å². The fourth-order valence-electron chi connectivity index (χ4n) is 2.38. The Morgan fingerprint density at radius 3 is 3.12 bits per heavy atom. The number of hydrogen-bond acceptors (Lipinski definition) is 2. The summed E-state index contributed by atoms with van der Waals surface area (Å²) in [5, 5.41) is 3.97. The number of fused-ring (bicyclic) bond motifs is 1. The van der Waals surface area contributed by atoms with Gasteiger partial charge in [0.25, 0.3) is 0 Å². The number of halogens is 1. The zero-order valence-electron chi connectivity index (χ0n) is 9.20. The van der Waals surface area contributed by atoms with E-state index in [4.69, 9.17) is 11.6 Å². The highest BCUT2D eigenvalue weighted by atomic mass is 35.5. The van der Waals surface area contributed by atoms with Gasteiger partial charge in [0.1, 0.15) is 0 Å². The molecule has 0 spiro atoms. The van der Waals surface area contributed by atoms with Gasteiger partial charge in [-0.3, -0.25) is 0 Å². The molecule has 1 fully saturated rings. The van der Waals surface area contributed by atoms with Crippen molar-refractivity contribution in [3.05, 3.63) is 29.0 Å². The van der Waals surface area contributed by atoms with Gasteiger partial charge in [-0.25, -0.2) is 4.98 Å². The van der Waals surface area contributed by atoms with Crippen LogP contribution in [0, 0.1) is 6.92 Å². The third-order valence-corrected chi connectivity index (χ3v) is 3.47. The molecule has 16 heavy (non-hydrogen) atoms. The molecule has 0 amide bonds. The SMILES string of the molecule is Cc1ccc2nc(Cl)n(C3CCNC3)c2c1. The minimum Gasteiger partial charge on any atom is -0.315 e. The molecule has 3 rings (SSSR count). The van der Waals surface area contributed by atoms with E-state index in [1.54, 1.807) is 0 Å². The van der Waals surface area contributed by atoms with E-state index in [1.807, 2.05) is 6.07 Å². The molecule has 1 aromatic heterocycles. The zero-order valence-corrected chi connectivity index (χ0v) is 9.96. The monoisotopic (exact) mass is 235 g/mol. The fraction of sp³-hybridized carbons (Fsp3) is 0.417. The Kier molecular flexibility index (Phi) is 2.37. The Labute approximate surface area is 99.4 Å². The van der Waals surface area contributed by atoms with Crippen LogP contribution in [-0.2, 0) is 0 Å². The van der Waals surface area contributed by atoms with Gasteiger partial charge >= 0.3 is 0 Å². The van der Waals surface area contributed by atoms with Crippen molar-refractivity contribution < 1.29 is 0 Å². The van der Waals surface area contributed by atoms with Crippen molar-refractivity contribution in [2.24, 2.45) is 0 Å². The summed E-state index contributed by atoms with van der Waals surface area (Å²) in [6.07, 6.45) is 1.12. The highest BCUT2D eigenvalue weighted by molar-refractivity contribution is 6.29. The molecule has 1 saturated heterocycles. The van der Waals surface area contributed by atoms with Gasteiger partial charge in [0.15, 0.2) is 0 Å². The summed E-state index contributed by atoms with van der Waals surface area (Å²) < 4.78 is 2.16. The van der Waals surface area contributed by atoms with Gasteiger partial charge in [-0.15, -0.1) is 0 Å². The number of aromatic nitrogens is 2. The second-order valence-electron chi connectivity index (χ2n) is 4.39. The minimum atomic E-state index is 0.444. The molecular weight excluding hydrogens is 222 g/mol. The molecule has 84 valence electrons. The van der Waals surface area contributed by atoms with Crippen LogP contribution in [0.4, 0.5) is 0 Å². The van der Waals surface area contributed by atoms with Gasteiger partial charge in [-0.05, 0) is 49.2 Å². The Balaban J connectivity index is 2.20. The quantitative estimate of drug-likeness (QED) is 0.823. The maximum atomic E-state index is 6.22. The first kappa shape index (κ1) is 10.1. The van der Waals surface area contributed by atoms with Crippen LogP contribution in [0.1, 0.15) is 18.0 Å². The van der Waals surface area contributed by atoms with Crippen molar-refractivity contribution in [3.8, 4) is 0 Å². The average molecular weight is 236 g/mol. The van der Waals surface area contributed by atoms with Gasteiger partial charge in [0, 0.05) is 6.54 Å². The van der Waals surface area contributed by atoms with Gasteiger partial charge in [0.05, 0.1) is 17.1 Å². The van der Waals surface area contributed by atoms with E-state index in [-0.39, 0.29) is 0 Å². The normalized spacial score (nSPS) is 20.8. The number of nitrogens with zero attached hydrogens (tertiary/aromatic N) is 2. The first-order valence-electron chi connectivity index (χ1n) is 5.60. The summed E-state index contributed by atoms with van der Waals surface area (Å²) in [5.74, 6) is 0. The first-order chi connectivity index (χ1) is 7.75. The Morgan fingerprint density at radius 1 is 1.50 bits per heavy atom. The maximum absolute atomic E-state index is 6.22. The zero-order chi connectivity index (χ0) is 11.1. The molecule has 1 N–H and O–H groups in total. The molecule has 0 aliphatic carbocycles. The summed E-state index contributed by atoms with van der Waals surface area (Å²) in [6, 6.07) is 6.71. The predicted octanol–water partition coefficient (Wildman–Crippen LogP) is 2.53. The fourth-order valence-corrected chi connectivity index (χ4v) is 2.70. The molecule has 2 heterocycles. The van der Waals surface area contributed by atoms with Crippen LogP contribution in [0.5, 0.6) is 0 Å². The average Bonchev–Trinajstić information content (AvgIpc) is 2.83. The third-order valence-electron chi connectivity index (χ3n) is 3.20. The summed E-state index contributed by atoms with van der Waals surface area (Å²) in [6.45, 7) is 4.14. The lowest BCUT2D eigenvalue weighted by molar-refractivity contribution is 0.562. The molecule has 3 nitrogen and oxygen atoms in total. The van der Waals surface area contributed by atoms with Crippen LogP contribution < -0.4 is 5.32 Å². The van der Waals surface area contributed by atoms with E-state index in [2.05, 4.69) is 33.9 Å². The van der Waals surface area contributed by atoms with Gasteiger partial charge < -0.3 is 9.88 Å². The smallest absolute Gasteiger partial charge is 0.204 e. The second kappa shape index (κ2) is 3.75. The Bertz CT molecular complexity index is 526. The molecule has 4 heteroatoms. The van der Waals surface area contributed by atoms with E-state index in [0.29, 0.717) is 11.3 Å². The van der Waals surface area contributed by atoms with Crippen LogP contribution in [0.2, 0.25) is 5.28 Å². The number of hydrogen-bond donors (Lipinski definition) is 1. The summed E-state index contributed by atoms with van der Waals surface area (Å²) in [5.41, 5.74) is 3.39. The van der Waals surface area contributed by atoms with Gasteiger partial charge in [-0.2, -0.15) is 0 Å². The van der Waals surface area contributed by atoms with Crippen LogP contribution >= 0.6 is 11.6 Å². The van der Waals surface area contributed by atoms with E-state index < -0.39 is 0 Å². The Hall–Kier alpha value is -1.06. The molecular formula is C12H14ClN3. The number of aryl methyl sites for hydroxylation is 1. The molecule has 1 aliphatic heterocycles. The highest BCUT2D eigenvalue weighted by Gasteiger charge is 2.21. The lowest BCUT2D eigenvalue weighted by atomic mass is 10.2.